The number of thiophene rings is 1. The van der Waals surface area contributed by atoms with Crippen LogP contribution in [0.3, 0.4) is 0 Å². The molecule has 1 fully saturated rings. The van der Waals surface area contributed by atoms with E-state index in [-0.39, 0.29) is 10.7 Å². The monoisotopic (exact) mass is 384 g/mol. The van der Waals surface area contributed by atoms with Crippen molar-refractivity contribution in [3.8, 4) is 0 Å². The van der Waals surface area contributed by atoms with Gasteiger partial charge >= 0.3 is 0 Å². The predicted octanol–water partition coefficient (Wildman–Crippen LogP) is 4.26. The van der Waals surface area contributed by atoms with Gasteiger partial charge in [0, 0.05) is 25.9 Å². The van der Waals surface area contributed by atoms with Gasteiger partial charge < -0.3 is 11.1 Å². The molecule has 2 aromatic rings. The number of rotatable bonds is 4. The number of hydrogen-bond donors (Lipinski definition) is 2. The van der Waals surface area contributed by atoms with E-state index in [1.165, 1.54) is 30.6 Å². The summed E-state index contributed by atoms with van der Waals surface area (Å²) in [5, 5.41) is 4.01. The van der Waals surface area contributed by atoms with Crippen LogP contribution in [0.25, 0.3) is 10.1 Å². The zero-order chi connectivity index (χ0) is 15.0. The van der Waals surface area contributed by atoms with E-state index in [4.69, 9.17) is 5.73 Å². The van der Waals surface area contributed by atoms with Crippen molar-refractivity contribution in [2.75, 3.05) is 18.5 Å². The highest BCUT2D eigenvalue weighted by atomic mass is 79.9. The van der Waals surface area contributed by atoms with E-state index in [0.29, 0.717) is 10.6 Å². The summed E-state index contributed by atoms with van der Waals surface area (Å²) in [7, 11) is 0. The van der Waals surface area contributed by atoms with Crippen molar-refractivity contribution in [1.29, 1.82) is 0 Å². The van der Waals surface area contributed by atoms with E-state index in [0.717, 1.165) is 21.1 Å². The zero-order valence-corrected chi connectivity index (χ0v) is 15.0. The summed E-state index contributed by atoms with van der Waals surface area (Å²) in [5.74, 6) is -0.0547. The molecule has 1 saturated carbocycles. The number of nitrogens with one attached hydrogen (secondary N) is 1. The summed E-state index contributed by atoms with van der Waals surface area (Å²) in [5.41, 5.74) is 6.75. The Morgan fingerprint density at radius 3 is 2.86 bits per heavy atom. The van der Waals surface area contributed by atoms with Gasteiger partial charge in [-0.25, -0.2) is 0 Å². The average molecular weight is 385 g/mol. The Morgan fingerprint density at radius 1 is 1.52 bits per heavy atom. The van der Waals surface area contributed by atoms with E-state index in [9.17, 15) is 4.79 Å². The first-order valence-corrected chi connectivity index (χ1v) is 9.69. The Kier molecular flexibility index (Phi) is 4.21. The highest BCUT2D eigenvalue weighted by Crippen LogP contribution is 2.42. The number of carbonyl (C=O) groups is 1. The summed E-state index contributed by atoms with van der Waals surface area (Å²) in [6.45, 7) is 0.724. The van der Waals surface area contributed by atoms with Crippen LogP contribution in [-0.2, 0) is 0 Å². The molecule has 0 spiro atoms. The fourth-order valence-corrected chi connectivity index (χ4v) is 5.33. The van der Waals surface area contributed by atoms with Gasteiger partial charge in [0.05, 0.1) is 5.69 Å². The molecule has 0 radical (unpaired) electrons. The lowest BCUT2D eigenvalue weighted by Crippen LogP contribution is -2.45. The van der Waals surface area contributed by atoms with E-state index in [2.05, 4.69) is 27.5 Å². The van der Waals surface area contributed by atoms with Crippen LogP contribution in [0, 0.1) is 0 Å². The molecule has 0 aliphatic heterocycles. The zero-order valence-electron chi connectivity index (χ0n) is 11.7. The van der Waals surface area contributed by atoms with Gasteiger partial charge in [0.2, 0.25) is 0 Å². The summed E-state index contributed by atoms with van der Waals surface area (Å²) in [6.07, 6.45) is 5.74. The lowest BCUT2D eigenvalue weighted by molar-refractivity contribution is 0.0949. The maximum absolute atomic E-state index is 12.4. The number of thioether (sulfide) groups is 1. The molecule has 0 saturated heterocycles. The Bertz CT molecular complexity index is 689. The van der Waals surface area contributed by atoms with Crippen molar-refractivity contribution in [2.24, 2.45) is 0 Å². The molecular formula is C15H17BrN2OS2. The third-order valence-corrected chi connectivity index (χ3v) is 7.43. The highest BCUT2D eigenvalue weighted by Gasteiger charge is 2.36. The van der Waals surface area contributed by atoms with Crippen molar-refractivity contribution in [1.82, 2.24) is 5.32 Å². The molecule has 112 valence electrons. The van der Waals surface area contributed by atoms with Crippen LogP contribution in [0.15, 0.2) is 22.7 Å². The molecule has 1 aromatic heterocycles. The van der Waals surface area contributed by atoms with Crippen LogP contribution in [0.5, 0.6) is 0 Å². The molecule has 0 bridgehead atoms. The molecule has 1 aromatic carbocycles. The Morgan fingerprint density at radius 2 is 2.29 bits per heavy atom. The van der Waals surface area contributed by atoms with E-state index < -0.39 is 0 Å². The van der Waals surface area contributed by atoms with Crippen molar-refractivity contribution < 1.29 is 4.79 Å². The molecule has 1 heterocycles. The van der Waals surface area contributed by atoms with Crippen LogP contribution < -0.4 is 11.1 Å². The lowest BCUT2D eigenvalue weighted by Gasteiger charge is -2.40. The van der Waals surface area contributed by atoms with Crippen LogP contribution in [0.1, 0.15) is 28.9 Å². The molecule has 21 heavy (non-hydrogen) atoms. The van der Waals surface area contributed by atoms with Gasteiger partial charge in [-0.1, -0.05) is 28.4 Å². The fraction of sp³-hybridized carbons (Fsp3) is 0.400. The first-order chi connectivity index (χ1) is 10.1. The average Bonchev–Trinajstić information content (AvgIpc) is 2.76. The van der Waals surface area contributed by atoms with Crippen LogP contribution in [-0.4, -0.2) is 23.5 Å². The second kappa shape index (κ2) is 5.82. The highest BCUT2D eigenvalue weighted by molar-refractivity contribution is 9.10. The van der Waals surface area contributed by atoms with Crippen molar-refractivity contribution >= 4 is 60.7 Å². The van der Waals surface area contributed by atoms with E-state index in [1.54, 1.807) is 0 Å². The normalized spacial score (nSPS) is 16.7. The van der Waals surface area contributed by atoms with Gasteiger partial charge in [0.1, 0.15) is 4.88 Å². The third kappa shape index (κ3) is 2.69. The Balaban J connectivity index is 1.82. The minimum absolute atomic E-state index is 0.0547. The SMILES string of the molecule is CSC1(CNC(=O)c2sc3cccc(Br)c3c2N)CCC1. The smallest absolute Gasteiger partial charge is 0.263 e. The van der Waals surface area contributed by atoms with Gasteiger partial charge in [0.15, 0.2) is 0 Å². The standard InChI is InChI=1S/C15H17BrN2OS2/c1-20-15(6-3-7-15)8-18-14(19)13-12(17)11-9(16)4-2-5-10(11)21-13/h2,4-5H,3,6-8,17H2,1H3,(H,18,19). The van der Waals surface area contributed by atoms with Gasteiger partial charge in [-0.2, -0.15) is 11.8 Å². The predicted molar refractivity (Wildman–Crippen MR) is 96.4 cm³/mol. The third-order valence-electron chi connectivity index (χ3n) is 4.18. The number of carbonyl (C=O) groups excluding carboxylic acids is 1. The molecule has 1 aliphatic rings. The molecular weight excluding hydrogens is 368 g/mol. The number of hydrogen-bond acceptors (Lipinski definition) is 4. The number of nitrogen functional groups attached to an aromatic ring is 1. The van der Waals surface area contributed by atoms with E-state index >= 15 is 0 Å². The lowest BCUT2D eigenvalue weighted by atomic mass is 9.84. The largest absolute Gasteiger partial charge is 0.397 e. The molecule has 3 nitrogen and oxygen atoms in total. The molecule has 1 amide bonds. The number of halogens is 1. The summed E-state index contributed by atoms with van der Waals surface area (Å²) in [4.78, 5) is 13.1. The maximum Gasteiger partial charge on any atom is 0.263 e. The molecule has 6 heteroatoms. The van der Waals surface area contributed by atoms with Crippen molar-refractivity contribution in [3.63, 3.8) is 0 Å². The van der Waals surface area contributed by atoms with Gasteiger partial charge in [-0.15, -0.1) is 11.3 Å². The molecule has 3 N–H and O–H groups in total. The molecule has 0 atom stereocenters. The minimum atomic E-state index is -0.0547. The summed E-state index contributed by atoms with van der Waals surface area (Å²) in [6, 6.07) is 5.90. The van der Waals surface area contributed by atoms with Crippen LogP contribution in [0.4, 0.5) is 5.69 Å². The minimum Gasteiger partial charge on any atom is -0.397 e. The number of fused-ring (bicyclic) bond motifs is 1. The number of amides is 1. The summed E-state index contributed by atoms with van der Waals surface area (Å²) >= 11 is 6.82. The molecule has 1 aliphatic carbocycles. The van der Waals surface area contributed by atoms with Crippen LogP contribution in [0.2, 0.25) is 0 Å². The topological polar surface area (TPSA) is 55.1 Å². The Labute approximate surface area is 140 Å². The van der Waals surface area contributed by atoms with Gasteiger partial charge in [-0.3, -0.25) is 4.79 Å². The van der Waals surface area contributed by atoms with Gasteiger partial charge in [0.25, 0.3) is 5.91 Å². The maximum atomic E-state index is 12.4. The van der Waals surface area contributed by atoms with Crippen LogP contribution >= 0.6 is 39.0 Å². The second-order valence-corrected chi connectivity index (χ2v) is 8.56. The first-order valence-electron chi connectivity index (χ1n) is 6.86. The number of anilines is 1. The Hall–Kier alpha value is -0.720. The molecule has 0 unspecified atom stereocenters. The second-order valence-electron chi connectivity index (χ2n) is 5.38. The first kappa shape index (κ1) is 15.2. The molecule has 3 rings (SSSR count). The number of nitrogens with two attached hydrogens (primary N) is 1. The number of benzene rings is 1. The quantitative estimate of drug-likeness (QED) is 0.827. The van der Waals surface area contributed by atoms with Gasteiger partial charge in [-0.05, 0) is 31.2 Å². The fourth-order valence-electron chi connectivity index (χ4n) is 2.64. The van der Waals surface area contributed by atoms with E-state index in [1.807, 2.05) is 30.0 Å². The summed E-state index contributed by atoms with van der Waals surface area (Å²) < 4.78 is 2.21. The van der Waals surface area contributed by atoms with Crippen molar-refractivity contribution in [2.45, 2.75) is 24.0 Å². The van der Waals surface area contributed by atoms with Crippen molar-refractivity contribution in [3.05, 3.63) is 27.5 Å².